The molecule has 2 rings (SSSR count). The lowest BCUT2D eigenvalue weighted by Gasteiger charge is -2.13. The van der Waals surface area contributed by atoms with Gasteiger partial charge in [-0.05, 0) is 17.7 Å². The van der Waals surface area contributed by atoms with Crippen LogP contribution in [0.25, 0.3) is 0 Å². The van der Waals surface area contributed by atoms with Gasteiger partial charge in [-0.1, -0.05) is 30.3 Å². The summed E-state index contributed by atoms with van der Waals surface area (Å²) in [5.41, 5.74) is 0.792. The fourth-order valence-corrected chi connectivity index (χ4v) is 1.63. The van der Waals surface area contributed by atoms with Crippen LogP contribution in [0, 0.1) is 10.1 Å². The van der Waals surface area contributed by atoms with Crippen molar-refractivity contribution in [2.75, 3.05) is 6.54 Å². The molecule has 0 aliphatic carbocycles. The molecule has 0 radical (unpaired) electrons. The maximum Gasteiger partial charge on any atom is 0.233 e. The van der Waals surface area contributed by atoms with Crippen LogP contribution in [0.5, 0.6) is 0 Å². The second-order valence-corrected chi connectivity index (χ2v) is 3.81. The molecule has 0 N–H and O–H groups in total. The average Bonchev–Trinajstić information content (AvgIpc) is 2.88. The predicted octanol–water partition coefficient (Wildman–Crippen LogP) is 2.81. The first-order valence-corrected chi connectivity index (χ1v) is 5.56. The number of nitro groups is 1. The molecule has 94 valence electrons. The molecule has 1 unspecified atom stereocenters. The predicted molar refractivity (Wildman–Crippen MR) is 64.5 cm³/mol. The third kappa shape index (κ3) is 3.43. The second kappa shape index (κ2) is 5.97. The van der Waals surface area contributed by atoms with Gasteiger partial charge in [0.05, 0.1) is 6.26 Å². The molecule has 0 spiro atoms. The van der Waals surface area contributed by atoms with Crippen LogP contribution in [0.2, 0.25) is 0 Å². The third-order valence-corrected chi connectivity index (χ3v) is 2.49. The van der Waals surface area contributed by atoms with Gasteiger partial charge in [-0.25, -0.2) is 0 Å². The normalized spacial score (nSPS) is 12.2. The number of benzene rings is 1. The minimum absolute atomic E-state index is 0.223. The number of nitrogens with zero attached hydrogens (tertiary/aromatic N) is 1. The van der Waals surface area contributed by atoms with Gasteiger partial charge in [-0.15, -0.1) is 0 Å². The van der Waals surface area contributed by atoms with E-state index < -0.39 is 6.10 Å². The van der Waals surface area contributed by atoms with Gasteiger partial charge in [0.15, 0.2) is 0 Å². The molecule has 1 aromatic carbocycles. The highest BCUT2D eigenvalue weighted by Crippen LogP contribution is 2.19. The van der Waals surface area contributed by atoms with Crippen LogP contribution in [0.3, 0.4) is 0 Å². The summed E-state index contributed by atoms with van der Waals surface area (Å²) in [6.45, 7) is -0.0366. The van der Waals surface area contributed by atoms with Crippen molar-refractivity contribution in [3.63, 3.8) is 0 Å². The number of hydrogen-bond donors (Lipinski definition) is 0. The fourth-order valence-electron chi connectivity index (χ4n) is 1.63. The summed E-state index contributed by atoms with van der Waals surface area (Å²) in [7, 11) is 0. The van der Waals surface area contributed by atoms with Crippen molar-refractivity contribution in [3.05, 3.63) is 70.2 Å². The third-order valence-electron chi connectivity index (χ3n) is 2.49. The maximum absolute atomic E-state index is 10.6. The maximum atomic E-state index is 10.6. The molecular weight excluding hydrogens is 234 g/mol. The van der Waals surface area contributed by atoms with Crippen LogP contribution in [0.1, 0.15) is 17.4 Å². The Hall–Kier alpha value is -2.14. The lowest BCUT2D eigenvalue weighted by Crippen LogP contribution is -2.15. The molecule has 0 fully saturated rings. The van der Waals surface area contributed by atoms with Crippen LogP contribution >= 0.6 is 0 Å². The Kier molecular flexibility index (Phi) is 4.09. The highest BCUT2D eigenvalue weighted by Gasteiger charge is 2.18. The van der Waals surface area contributed by atoms with Crippen molar-refractivity contribution in [3.8, 4) is 0 Å². The molecule has 0 amide bonds. The monoisotopic (exact) mass is 247 g/mol. The topological polar surface area (TPSA) is 65.5 Å². The smallest absolute Gasteiger partial charge is 0.233 e. The lowest BCUT2D eigenvalue weighted by atomic mass is 10.1. The van der Waals surface area contributed by atoms with Gasteiger partial charge in [-0.2, -0.15) is 0 Å². The largest absolute Gasteiger partial charge is 0.467 e. The number of furan rings is 1. The van der Waals surface area contributed by atoms with Gasteiger partial charge in [0.2, 0.25) is 6.54 Å². The van der Waals surface area contributed by atoms with E-state index in [-0.39, 0.29) is 18.1 Å². The quantitative estimate of drug-likeness (QED) is 0.581. The molecule has 1 heterocycles. The Morgan fingerprint density at radius 1 is 1.22 bits per heavy atom. The van der Waals surface area contributed by atoms with E-state index in [0.717, 1.165) is 5.56 Å². The molecule has 18 heavy (non-hydrogen) atoms. The first-order valence-electron chi connectivity index (χ1n) is 5.56. The summed E-state index contributed by atoms with van der Waals surface area (Å²) in [4.78, 5) is 10.3. The minimum Gasteiger partial charge on any atom is -0.467 e. The Labute approximate surface area is 104 Å². The van der Waals surface area contributed by atoms with Gasteiger partial charge in [-0.3, -0.25) is 10.1 Å². The van der Waals surface area contributed by atoms with E-state index in [0.29, 0.717) is 5.76 Å². The highest BCUT2D eigenvalue weighted by atomic mass is 16.6. The molecule has 0 bridgehead atoms. The average molecular weight is 247 g/mol. The van der Waals surface area contributed by atoms with Gasteiger partial charge in [0, 0.05) is 4.92 Å². The van der Waals surface area contributed by atoms with E-state index in [9.17, 15) is 10.1 Å². The van der Waals surface area contributed by atoms with E-state index in [1.807, 2.05) is 30.3 Å². The van der Waals surface area contributed by atoms with E-state index in [4.69, 9.17) is 9.15 Å². The number of hydrogen-bond acceptors (Lipinski definition) is 4. The van der Waals surface area contributed by atoms with Crippen LogP contribution in [0.15, 0.2) is 53.1 Å². The summed E-state index contributed by atoms with van der Waals surface area (Å²) in [5, 5.41) is 10.6. The summed E-state index contributed by atoms with van der Waals surface area (Å²) in [6.07, 6.45) is 0.982. The second-order valence-electron chi connectivity index (χ2n) is 3.81. The molecule has 5 nitrogen and oxygen atoms in total. The zero-order valence-electron chi connectivity index (χ0n) is 9.69. The molecule has 5 heteroatoms. The molecule has 2 aromatic rings. The van der Waals surface area contributed by atoms with Crippen LogP contribution in [-0.4, -0.2) is 11.5 Å². The zero-order valence-corrected chi connectivity index (χ0v) is 9.69. The van der Waals surface area contributed by atoms with Crippen molar-refractivity contribution in [2.45, 2.75) is 12.7 Å². The first kappa shape index (κ1) is 12.3. The standard InChI is InChI=1S/C13H13NO4/c15-14(16)9-13(11-5-2-1-3-6-11)18-10-12-7-4-8-17-12/h1-8,13H,9-10H2. The minimum atomic E-state index is -0.564. The fraction of sp³-hybridized carbons (Fsp3) is 0.231. The summed E-state index contributed by atoms with van der Waals surface area (Å²) in [6, 6.07) is 12.7. The number of rotatable bonds is 6. The van der Waals surface area contributed by atoms with E-state index in [2.05, 4.69) is 0 Å². The molecule has 1 aromatic heterocycles. The van der Waals surface area contributed by atoms with Gasteiger partial charge in [0.25, 0.3) is 0 Å². The van der Waals surface area contributed by atoms with Crippen molar-refractivity contribution < 1.29 is 14.1 Å². The molecule has 0 saturated carbocycles. The Balaban J connectivity index is 2.03. The number of ether oxygens (including phenoxy) is 1. The Morgan fingerprint density at radius 3 is 2.61 bits per heavy atom. The van der Waals surface area contributed by atoms with Gasteiger partial charge < -0.3 is 9.15 Å². The summed E-state index contributed by atoms with van der Waals surface area (Å²) < 4.78 is 10.7. The molecule has 1 atom stereocenters. The van der Waals surface area contributed by atoms with E-state index >= 15 is 0 Å². The molecule has 0 aliphatic rings. The van der Waals surface area contributed by atoms with Crippen molar-refractivity contribution in [1.82, 2.24) is 0 Å². The summed E-state index contributed by atoms with van der Waals surface area (Å²) >= 11 is 0. The van der Waals surface area contributed by atoms with E-state index in [1.165, 1.54) is 0 Å². The van der Waals surface area contributed by atoms with Crippen molar-refractivity contribution in [2.24, 2.45) is 0 Å². The van der Waals surface area contributed by atoms with E-state index in [1.54, 1.807) is 18.4 Å². The zero-order chi connectivity index (χ0) is 12.8. The Morgan fingerprint density at radius 2 is 2.00 bits per heavy atom. The van der Waals surface area contributed by atoms with Crippen molar-refractivity contribution >= 4 is 0 Å². The molecular formula is C13H13NO4. The summed E-state index contributed by atoms with van der Waals surface area (Å²) in [5.74, 6) is 0.652. The van der Waals surface area contributed by atoms with Crippen LogP contribution in [0.4, 0.5) is 0 Å². The van der Waals surface area contributed by atoms with Crippen LogP contribution in [-0.2, 0) is 11.3 Å². The van der Waals surface area contributed by atoms with Crippen LogP contribution < -0.4 is 0 Å². The molecule has 0 saturated heterocycles. The van der Waals surface area contributed by atoms with Gasteiger partial charge in [0.1, 0.15) is 18.5 Å². The Bertz CT molecular complexity index is 481. The highest BCUT2D eigenvalue weighted by molar-refractivity contribution is 5.17. The SMILES string of the molecule is O=[N+]([O-])CC(OCc1ccco1)c1ccccc1. The van der Waals surface area contributed by atoms with Crippen molar-refractivity contribution in [1.29, 1.82) is 0 Å². The molecule has 0 aliphatic heterocycles. The van der Waals surface area contributed by atoms with Gasteiger partial charge >= 0.3 is 0 Å². The first-order chi connectivity index (χ1) is 8.75. The lowest BCUT2D eigenvalue weighted by molar-refractivity contribution is -0.493.